The summed E-state index contributed by atoms with van der Waals surface area (Å²) in [5.41, 5.74) is 0.701. The second-order valence-corrected chi connectivity index (χ2v) is 7.92. The molecule has 5 nitrogen and oxygen atoms in total. The Morgan fingerprint density at radius 2 is 2.00 bits per heavy atom. The number of carbonyl (C=O) groups is 1. The molecule has 1 aliphatic heterocycles. The van der Waals surface area contributed by atoms with Crippen LogP contribution in [0, 0.1) is 11.6 Å². The third kappa shape index (κ3) is 4.18. The molecule has 0 radical (unpaired) electrons. The fourth-order valence-corrected chi connectivity index (χ4v) is 4.26. The minimum absolute atomic E-state index is 0.0779. The van der Waals surface area contributed by atoms with Crippen LogP contribution in [0.2, 0.25) is 5.02 Å². The fourth-order valence-electron chi connectivity index (χ4n) is 3.25. The Bertz CT molecular complexity index is 1170. The molecule has 1 amide bonds. The van der Waals surface area contributed by atoms with Gasteiger partial charge in [-0.1, -0.05) is 41.6 Å². The molecule has 29 heavy (non-hydrogen) atoms. The van der Waals surface area contributed by atoms with Gasteiger partial charge in [0, 0.05) is 29.2 Å². The van der Waals surface area contributed by atoms with Gasteiger partial charge in [0.2, 0.25) is 5.91 Å². The van der Waals surface area contributed by atoms with Gasteiger partial charge in [0.25, 0.3) is 5.56 Å². The monoisotopic (exact) mass is 433 g/mol. The van der Waals surface area contributed by atoms with Gasteiger partial charge in [-0.2, -0.15) is 0 Å². The first-order chi connectivity index (χ1) is 13.9. The van der Waals surface area contributed by atoms with Gasteiger partial charge < -0.3 is 10.3 Å². The number of aromatic amines is 1. The number of anilines is 1. The number of carbonyl (C=O) groups excluding carboxylic acids is 1. The first kappa shape index (κ1) is 19.6. The van der Waals surface area contributed by atoms with E-state index in [0.29, 0.717) is 15.9 Å². The quantitative estimate of drug-likeness (QED) is 0.470. The first-order valence-corrected chi connectivity index (χ1v) is 10.0. The van der Waals surface area contributed by atoms with Crippen LogP contribution in [0.25, 0.3) is 0 Å². The molecule has 9 heteroatoms. The third-order valence-corrected chi connectivity index (χ3v) is 5.71. The maximum absolute atomic E-state index is 14.3. The standard InChI is InChI=1S/C20H14ClF2N3O2S/c21-11-3-1-2-10(6-11)9-29-20-25-18-17(19(28)26-20)14(8-16(27)24-18)13-5-4-12(22)7-15(13)23/h1-7,14H,8-9H2,(H2,24,25,26,27,28). The van der Waals surface area contributed by atoms with Crippen LogP contribution in [0.5, 0.6) is 0 Å². The van der Waals surface area contributed by atoms with Crippen molar-refractivity contribution in [3.63, 3.8) is 0 Å². The Balaban J connectivity index is 1.67. The van der Waals surface area contributed by atoms with Gasteiger partial charge >= 0.3 is 0 Å². The highest BCUT2D eigenvalue weighted by molar-refractivity contribution is 7.98. The van der Waals surface area contributed by atoms with E-state index in [-0.39, 0.29) is 23.4 Å². The molecule has 3 aromatic rings. The van der Waals surface area contributed by atoms with Gasteiger partial charge in [-0.15, -0.1) is 0 Å². The second kappa shape index (κ2) is 7.96. The summed E-state index contributed by atoms with van der Waals surface area (Å²) in [5.74, 6) is -2.18. The predicted octanol–water partition coefficient (Wildman–Crippen LogP) is 4.47. The van der Waals surface area contributed by atoms with Crippen molar-refractivity contribution in [3.8, 4) is 0 Å². The highest BCUT2D eigenvalue weighted by atomic mass is 35.5. The number of hydrogen-bond donors (Lipinski definition) is 2. The average Bonchev–Trinajstić information content (AvgIpc) is 2.65. The normalized spacial score (nSPS) is 15.7. The van der Waals surface area contributed by atoms with Crippen LogP contribution < -0.4 is 10.9 Å². The molecule has 4 rings (SSSR count). The third-order valence-electron chi connectivity index (χ3n) is 4.53. The molecule has 0 fully saturated rings. The molecule has 0 saturated carbocycles. The lowest BCUT2D eigenvalue weighted by Crippen LogP contribution is -2.31. The smallest absolute Gasteiger partial charge is 0.257 e. The molecule has 148 valence electrons. The van der Waals surface area contributed by atoms with E-state index in [1.54, 1.807) is 12.1 Å². The number of nitrogens with zero attached hydrogens (tertiary/aromatic N) is 1. The Labute approximate surface area is 173 Å². The largest absolute Gasteiger partial charge is 0.310 e. The van der Waals surface area contributed by atoms with Gasteiger partial charge in [0.15, 0.2) is 5.16 Å². The van der Waals surface area contributed by atoms with Gasteiger partial charge in [-0.3, -0.25) is 9.59 Å². The number of benzene rings is 2. The number of hydrogen-bond acceptors (Lipinski definition) is 4. The molecule has 2 heterocycles. The minimum atomic E-state index is -0.845. The molecule has 1 atom stereocenters. The first-order valence-electron chi connectivity index (χ1n) is 8.67. The number of amides is 1. The van der Waals surface area contributed by atoms with Crippen molar-refractivity contribution in [1.29, 1.82) is 0 Å². The Morgan fingerprint density at radius 1 is 1.17 bits per heavy atom. The summed E-state index contributed by atoms with van der Waals surface area (Å²) in [5, 5.41) is 3.50. The maximum atomic E-state index is 14.3. The van der Waals surface area contributed by atoms with E-state index in [1.165, 1.54) is 17.8 Å². The maximum Gasteiger partial charge on any atom is 0.257 e. The van der Waals surface area contributed by atoms with E-state index in [4.69, 9.17) is 11.6 Å². The zero-order valence-electron chi connectivity index (χ0n) is 14.8. The number of H-pyrrole nitrogens is 1. The number of aromatic nitrogens is 2. The molecule has 0 bridgehead atoms. The van der Waals surface area contributed by atoms with Crippen molar-refractivity contribution >= 4 is 35.1 Å². The summed E-state index contributed by atoms with van der Waals surface area (Å²) in [7, 11) is 0. The topological polar surface area (TPSA) is 74.8 Å². The van der Waals surface area contributed by atoms with Crippen molar-refractivity contribution in [2.75, 3.05) is 5.32 Å². The van der Waals surface area contributed by atoms with Crippen molar-refractivity contribution in [1.82, 2.24) is 9.97 Å². The SMILES string of the molecule is O=C1CC(c2ccc(F)cc2F)c2c(nc(SCc3cccc(Cl)c3)[nH]c2=O)N1. The van der Waals surface area contributed by atoms with Gasteiger partial charge in [-0.05, 0) is 29.3 Å². The van der Waals surface area contributed by atoms with Crippen LogP contribution in [-0.4, -0.2) is 15.9 Å². The van der Waals surface area contributed by atoms with E-state index in [0.717, 1.165) is 17.7 Å². The molecule has 0 spiro atoms. The van der Waals surface area contributed by atoms with Crippen LogP contribution in [0.15, 0.2) is 52.4 Å². The number of fused-ring (bicyclic) bond motifs is 1. The lowest BCUT2D eigenvalue weighted by Gasteiger charge is -2.24. The highest BCUT2D eigenvalue weighted by Gasteiger charge is 2.32. The molecule has 0 saturated heterocycles. The molecule has 1 unspecified atom stereocenters. The Kier molecular flexibility index (Phi) is 5.38. The summed E-state index contributed by atoms with van der Waals surface area (Å²) >= 11 is 7.25. The predicted molar refractivity (Wildman–Crippen MR) is 107 cm³/mol. The van der Waals surface area contributed by atoms with Crippen molar-refractivity contribution in [3.05, 3.63) is 86.2 Å². The van der Waals surface area contributed by atoms with E-state index in [9.17, 15) is 18.4 Å². The summed E-state index contributed by atoms with van der Waals surface area (Å²) in [6, 6.07) is 10.4. The van der Waals surface area contributed by atoms with Crippen molar-refractivity contribution in [2.24, 2.45) is 0 Å². The number of halogens is 3. The molecule has 2 N–H and O–H groups in total. The van der Waals surface area contributed by atoms with Gasteiger partial charge in [0.05, 0.1) is 5.56 Å². The second-order valence-electron chi connectivity index (χ2n) is 6.52. The van der Waals surface area contributed by atoms with Crippen molar-refractivity contribution in [2.45, 2.75) is 23.2 Å². The van der Waals surface area contributed by atoms with Crippen LogP contribution in [0.4, 0.5) is 14.6 Å². The highest BCUT2D eigenvalue weighted by Crippen LogP contribution is 2.36. The molecular formula is C20H14ClF2N3O2S. The summed E-state index contributed by atoms with van der Waals surface area (Å²) in [6.45, 7) is 0. The van der Waals surface area contributed by atoms with E-state index in [1.807, 2.05) is 12.1 Å². The molecular weight excluding hydrogens is 420 g/mol. The Morgan fingerprint density at radius 3 is 2.76 bits per heavy atom. The van der Waals surface area contributed by atoms with E-state index in [2.05, 4.69) is 15.3 Å². The van der Waals surface area contributed by atoms with Crippen LogP contribution in [0.3, 0.4) is 0 Å². The van der Waals surface area contributed by atoms with Crippen molar-refractivity contribution < 1.29 is 13.6 Å². The minimum Gasteiger partial charge on any atom is -0.310 e. The Hall–Kier alpha value is -2.71. The molecule has 1 aliphatic rings. The number of thioether (sulfide) groups is 1. The van der Waals surface area contributed by atoms with E-state index >= 15 is 0 Å². The zero-order valence-corrected chi connectivity index (χ0v) is 16.4. The van der Waals surface area contributed by atoms with Crippen LogP contribution >= 0.6 is 23.4 Å². The molecule has 0 aliphatic carbocycles. The zero-order chi connectivity index (χ0) is 20.5. The number of rotatable bonds is 4. The van der Waals surface area contributed by atoms with Crippen LogP contribution in [0.1, 0.15) is 29.0 Å². The van der Waals surface area contributed by atoms with Crippen LogP contribution in [-0.2, 0) is 10.5 Å². The summed E-state index contributed by atoms with van der Waals surface area (Å²) in [4.78, 5) is 31.9. The average molecular weight is 434 g/mol. The lowest BCUT2D eigenvalue weighted by atomic mass is 9.86. The molecule has 1 aromatic heterocycles. The summed E-state index contributed by atoms with van der Waals surface area (Å²) < 4.78 is 27.5. The van der Waals surface area contributed by atoms with E-state index < -0.39 is 29.0 Å². The lowest BCUT2D eigenvalue weighted by molar-refractivity contribution is -0.116. The molecule has 2 aromatic carbocycles. The fraction of sp³-hybridized carbons (Fsp3) is 0.150. The van der Waals surface area contributed by atoms with Gasteiger partial charge in [-0.25, -0.2) is 13.8 Å². The number of nitrogens with one attached hydrogen (secondary N) is 2. The summed E-state index contributed by atoms with van der Waals surface area (Å²) in [6.07, 6.45) is -0.130. The van der Waals surface area contributed by atoms with Gasteiger partial charge in [0.1, 0.15) is 17.5 Å².